The first-order valence-corrected chi connectivity index (χ1v) is 14.1. The summed E-state index contributed by atoms with van der Waals surface area (Å²) in [4.78, 5) is 82.3. The maximum absolute atomic E-state index is 13.9. The van der Waals surface area contributed by atoms with Crippen molar-refractivity contribution in [2.45, 2.75) is 37.3 Å². The van der Waals surface area contributed by atoms with Crippen molar-refractivity contribution in [1.29, 1.82) is 0 Å². The minimum Gasteiger partial charge on any atom is -0.448 e. The van der Waals surface area contributed by atoms with Crippen LogP contribution in [-0.4, -0.2) is 69.7 Å². The van der Waals surface area contributed by atoms with Gasteiger partial charge in [-0.3, -0.25) is 29.3 Å². The number of nitrogens with two attached hydrogens (primary N) is 1. The van der Waals surface area contributed by atoms with E-state index in [0.717, 1.165) is 0 Å². The average molecular weight is 633 g/mol. The Balaban J connectivity index is 1.38. The van der Waals surface area contributed by atoms with Gasteiger partial charge in [0.05, 0.1) is 17.9 Å². The standard InChI is InChI=1S/C31H28N4O11/c32-17-25(36)33(30(40)43-18-20-11-13-23(14-12-20)35(41)42)24-19-44-34(28(24)38)31(16-15-26(37)46-31)29(39)45-27(21-7-3-1-4-8-21)22-9-5-2-6-10-22/h1-14,24,27H,15-19,32H2/t24-,31?/m0/s1. The van der Waals surface area contributed by atoms with Gasteiger partial charge in [-0.2, -0.15) is 5.06 Å². The largest absolute Gasteiger partial charge is 0.448 e. The molecule has 238 valence electrons. The number of non-ortho nitro benzene ring substituents is 1. The van der Waals surface area contributed by atoms with Gasteiger partial charge in [-0.05, 0) is 28.8 Å². The molecule has 2 fully saturated rings. The van der Waals surface area contributed by atoms with E-state index in [-0.39, 0.29) is 18.5 Å². The summed E-state index contributed by atoms with van der Waals surface area (Å²) in [5.41, 5.74) is 4.55. The van der Waals surface area contributed by atoms with Crippen molar-refractivity contribution < 1.29 is 47.9 Å². The molecule has 0 radical (unpaired) electrons. The van der Waals surface area contributed by atoms with Gasteiger partial charge in [-0.25, -0.2) is 14.5 Å². The van der Waals surface area contributed by atoms with E-state index in [0.29, 0.717) is 26.7 Å². The number of hydrogen-bond acceptors (Lipinski definition) is 12. The van der Waals surface area contributed by atoms with Gasteiger partial charge in [-0.15, -0.1) is 0 Å². The molecule has 2 heterocycles. The molecule has 0 bridgehead atoms. The molecule has 15 heteroatoms. The second kappa shape index (κ2) is 13.5. The van der Waals surface area contributed by atoms with Gasteiger partial charge in [0, 0.05) is 18.6 Å². The summed E-state index contributed by atoms with van der Waals surface area (Å²) in [5, 5.41) is 11.4. The third-order valence-corrected chi connectivity index (χ3v) is 7.34. The van der Waals surface area contributed by atoms with Crippen LogP contribution >= 0.6 is 0 Å². The maximum atomic E-state index is 13.9. The Kier molecular flexibility index (Phi) is 9.34. The smallest absolute Gasteiger partial charge is 0.417 e. The Morgan fingerprint density at radius 1 is 1.00 bits per heavy atom. The van der Waals surface area contributed by atoms with Crippen LogP contribution in [0.5, 0.6) is 0 Å². The van der Waals surface area contributed by atoms with Crippen LogP contribution in [0.25, 0.3) is 0 Å². The van der Waals surface area contributed by atoms with E-state index in [1.54, 1.807) is 60.7 Å². The van der Waals surface area contributed by atoms with Crippen LogP contribution in [-0.2, 0) is 44.8 Å². The number of hydroxylamine groups is 2. The first kappa shape index (κ1) is 31.7. The Morgan fingerprint density at radius 2 is 1.61 bits per heavy atom. The lowest BCUT2D eigenvalue weighted by Crippen LogP contribution is -2.58. The topological polar surface area (TPSA) is 198 Å². The molecule has 0 aliphatic carbocycles. The van der Waals surface area contributed by atoms with Crippen LogP contribution in [0.3, 0.4) is 0 Å². The van der Waals surface area contributed by atoms with Crippen LogP contribution in [0, 0.1) is 10.1 Å². The molecule has 5 rings (SSSR count). The highest BCUT2D eigenvalue weighted by atomic mass is 16.8. The zero-order valence-corrected chi connectivity index (χ0v) is 24.2. The first-order valence-electron chi connectivity index (χ1n) is 14.1. The third-order valence-electron chi connectivity index (χ3n) is 7.34. The summed E-state index contributed by atoms with van der Waals surface area (Å²) in [7, 11) is 0. The average Bonchev–Trinajstić information content (AvgIpc) is 3.66. The number of rotatable bonds is 10. The van der Waals surface area contributed by atoms with Crippen molar-refractivity contribution in [1.82, 2.24) is 9.96 Å². The van der Waals surface area contributed by atoms with E-state index in [4.69, 9.17) is 24.8 Å². The van der Waals surface area contributed by atoms with E-state index in [9.17, 15) is 34.1 Å². The molecule has 46 heavy (non-hydrogen) atoms. The van der Waals surface area contributed by atoms with E-state index in [1.165, 1.54) is 24.3 Å². The summed E-state index contributed by atoms with van der Waals surface area (Å²) in [6.07, 6.45) is -2.79. The van der Waals surface area contributed by atoms with E-state index in [2.05, 4.69) is 0 Å². The second-order valence-corrected chi connectivity index (χ2v) is 10.3. The summed E-state index contributed by atoms with van der Waals surface area (Å²) < 4.78 is 16.5. The molecule has 3 amide bonds. The predicted molar refractivity (Wildman–Crippen MR) is 155 cm³/mol. The second-order valence-electron chi connectivity index (χ2n) is 10.3. The number of hydrogen-bond donors (Lipinski definition) is 1. The van der Waals surface area contributed by atoms with Gasteiger partial charge in [0.25, 0.3) is 11.6 Å². The molecule has 0 spiro atoms. The molecule has 2 saturated heterocycles. The lowest BCUT2D eigenvalue weighted by Gasteiger charge is -2.34. The molecule has 15 nitrogen and oxygen atoms in total. The minimum atomic E-state index is -2.36. The molecule has 0 aromatic heterocycles. The normalized spacial score (nSPS) is 19.1. The maximum Gasteiger partial charge on any atom is 0.417 e. The number of amides is 3. The van der Waals surface area contributed by atoms with E-state index >= 15 is 0 Å². The number of carbonyl (C=O) groups is 5. The number of imide groups is 1. The summed E-state index contributed by atoms with van der Waals surface area (Å²) in [5.74, 6) is -3.96. The van der Waals surface area contributed by atoms with E-state index in [1.807, 2.05) is 0 Å². The molecule has 2 aliphatic heterocycles. The highest BCUT2D eigenvalue weighted by Crippen LogP contribution is 2.38. The highest BCUT2D eigenvalue weighted by molar-refractivity contribution is 6.00. The zero-order valence-electron chi connectivity index (χ0n) is 24.2. The molecule has 2 atom stereocenters. The van der Waals surface area contributed by atoms with Crippen LogP contribution in [0.15, 0.2) is 84.9 Å². The number of carbonyl (C=O) groups excluding carboxylic acids is 5. The minimum absolute atomic E-state index is 0.178. The van der Waals surface area contributed by atoms with Gasteiger partial charge in [0.1, 0.15) is 19.3 Å². The SMILES string of the molecule is NCC(=O)N(C(=O)OCc1ccc([N+](=O)[O-])cc1)[C@H]1CON(C2(C(=O)OC(c3ccccc3)c3ccccc3)CCC(=O)O2)C1=O. The zero-order chi connectivity index (χ0) is 32.8. The number of benzene rings is 3. The lowest BCUT2D eigenvalue weighted by molar-refractivity contribution is -0.384. The number of ether oxygens (including phenoxy) is 3. The van der Waals surface area contributed by atoms with Crippen molar-refractivity contribution >= 4 is 35.5 Å². The fraction of sp³-hybridized carbons (Fsp3) is 0.258. The van der Waals surface area contributed by atoms with Crippen LogP contribution in [0.1, 0.15) is 35.6 Å². The van der Waals surface area contributed by atoms with E-state index < -0.39 is 72.4 Å². The predicted octanol–water partition coefficient (Wildman–Crippen LogP) is 2.53. The number of cyclic esters (lactones) is 1. The quantitative estimate of drug-likeness (QED) is 0.149. The fourth-order valence-electron chi connectivity index (χ4n) is 5.03. The molecular formula is C31H28N4O11. The molecule has 0 saturated carbocycles. The fourth-order valence-corrected chi connectivity index (χ4v) is 5.03. The van der Waals surface area contributed by atoms with Crippen molar-refractivity contribution in [2.24, 2.45) is 5.73 Å². The molecule has 2 N–H and O–H groups in total. The van der Waals surface area contributed by atoms with Gasteiger partial charge in [0.15, 0.2) is 6.10 Å². The Morgan fingerprint density at radius 3 is 2.13 bits per heavy atom. The number of esters is 2. The Hall–Kier alpha value is -5.67. The van der Waals surface area contributed by atoms with Crippen LogP contribution < -0.4 is 5.73 Å². The summed E-state index contributed by atoms with van der Waals surface area (Å²) >= 11 is 0. The summed E-state index contributed by atoms with van der Waals surface area (Å²) in [6, 6.07) is 21.1. The van der Waals surface area contributed by atoms with Gasteiger partial charge >= 0.3 is 23.8 Å². The number of nitro benzene ring substituents is 1. The summed E-state index contributed by atoms with van der Waals surface area (Å²) in [6.45, 7) is -1.69. The number of nitrogens with zero attached hydrogens (tertiary/aromatic N) is 3. The molecule has 2 aliphatic rings. The molecule has 3 aromatic rings. The Labute approximate surface area is 261 Å². The third kappa shape index (κ3) is 6.40. The number of nitro groups is 1. The van der Waals surface area contributed by atoms with Crippen molar-refractivity contribution in [3.8, 4) is 0 Å². The van der Waals surface area contributed by atoms with Crippen LogP contribution in [0.4, 0.5) is 10.5 Å². The molecular weight excluding hydrogens is 604 g/mol. The van der Waals surface area contributed by atoms with Gasteiger partial charge in [0.2, 0.25) is 5.91 Å². The molecule has 3 aromatic carbocycles. The monoisotopic (exact) mass is 632 g/mol. The van der Waals surface area contributed by atoms with Crippen molar-refractivity contribution in [3.05, 3.63) is 112 Å². The van der Waals surface area contributed by atoms with Crippen molar-refractivity contribution in [3.63, 3.8) is 0 Å². The van der Waals surface area contributed by atoms with Crippen molar-refractivity contribution in [2.75, 3.05) is 13.2 Å². The van der Waals surface area contributed by atoms with Gasteiger partial charge < -0.3 is 19.9 Å². The molecule has 1 unspecified atom stereocenters. The first-order chi connectivity index (χ1) is 22.1. The Bertz CT molecular complexity index is 1600. The lowest BCUT2D eigenvalue weighted by atomic mass is 10.0. The van der Waals surface area contributed by atoms with Crippen LogP contribution in [0.2, 0.25) is 0 Å². The highest BCUT2D eigenvalue weighted by Gasteiger charge is 2.61. The van der Waals surface area contributed by atoms with Gasteiger partial charge in [-0.1, -0.05) is 60.7 Å².